The van der Waals surface area contributed by atoms with E-state index in [-0.39, 0.29) is 5.54 Å². The highest BCUT2D eigenvalue weighted by molar-refractivity contribution is 6.31. The Balaban J connectivity index is 1.91. The molecule has 0 aliphatic carbocycles. The summed E-state index contributed by atoms with van der Waals surface area (Å²) in [5, 5.41) is 9.88. The highest BCUT2D eigenvalue weighted by Gasteiger charge is 2.29. The summed E-state index contributed by atoms with van der Waals surface area (Å²) < 4.78 is 0. The molecule has 19 heavy (non-hydrogen) atoms. The van der Waals surface area contributed by atoms with Gasteiger partial charge in [-0.05, 0) is 25.5 Å². The monoisotopic (exact) mass is 278 g/mol. The SMILES string of the molecule is CC(C)(C#N)N1CCN(Cc2ccncc2Cl)CC1. The standard InChI is InChI=1S/C14H19ClN4/c1-14(2,11-16)19-7-5-18(6-8-19)10-12-3-4-17-9-13(12)15/h3-4,9H,5-8,10H2,1-2H3. The van der Waals surface area contributed by atoms with Gasteiger partial charge in [0, 0.05) is 45.1 Å². The minimum absolute atomic E-state index is 0.375. The molecule has 1 aliphatic heterocycles. The molecule has 102 valence electrons. The third-order valence-electron chi connectivity index (χ3n) is 3.69. The summed E-state index contributed by atoms with van der Waals surface area (Å²) >= 11 is 6.12. The Morgan fingerprint density at radius 2 is 2.05 bits per heavy atom. The minimum Gasteiger partial charge on any atom is -0.296 e. The van der Waals surface area contributed by atoms with Crippen molar-refractivity contribution < 1.29 is 0 Å². The summed E-state index contributed by atoms with van der Waals surface area (Å²) in [4.78, 5) is 8.60. The Kier molecular flexibility index (Phi) is 4.41. The van der Waals surface area contributed by atoms with Crippen molar-refractivity contribution >= 4 is 11.6 Å². The molecule has 0 radical (unpaired) electrons. The van der Waals surface area contributed by atoms with Gasteiger partial charge in [0.1, 0.15) is 5.54 Å². The van der Waals surface area contributed by atoms with Gasteiger partial charge >= 0.3 is 0 Å². The van der Waals surface area contributed by atoms with Gasteiger partial charge in [-0.15, -0.1) is 0 Å². The normalized spacial score (nSPS) is 18.2. The lowest BCUT2D eigenvalue weighted by atomic mass is 10.0. The first-order valence-electron chi connectivity index (χ1n) is 6.50. The van der Waals surface area contributed by atoms with Crippen LogP contribution in [-0.4, -0.2) is 46.5 Å². The van der Waals surface area contributed by atoms with Crippen LogP contribution in [0.25, 0.3) is 0 Å². The minimum atomic E-state index is -0.375. The number of piperazine rings is 1. The van der Waals surface area contributed by atoms with Crippen LogP contribution in [-0.2, 0) is 6.54 Å². The molecular weight excluding hydrogens is 260 g/mol. The third-order valence-corrected chi connectivity index (χ3v) is 4.03. The topological polar surface area (TPSA) is 43.2 Å². The molecule has 0 N–H and O–H groups in total. The Labute approximate surface area is 119 Å². The van der Waals surface area contributed by atoms with Gasteiger partial charge in [-0.2, -0.15) is 5.26 Å². The fourth-order valence-corrected chi connectivity index (χ4v) is 2.49. The molecule has 2 rings (SSSR count). The van der Waals surface area contributed by atoms with Crippen LogP contribution in [0.1, 0.15) is 19.4 Å². The summed E-state index contributed by atoms with van der Waals surface area (Å²) in [6, 6.07) is 4.33. The second-order valence-electron chi connectivity index (χ2n) is 5.40. The number of hydrogen-bond acceptors (Lipinski definition) is 4. The van der Waals surface area contributed by atoms with Crippen molar-refractivity contribution in [2.75, 3.05) is 26.2 Å². The van der Waals surface area contributed by atoms with Crippen molar-refractivity contribution in [3.63, 3.8) is 0 Å². The Morgan fingerprint density at radius 1 is 1.37 bits per heavy atom. The Morgan fingerprint density at radius 3 is 2.63 bits per heavy atom. The summed E-state index contributed by atoms with van der Waals surface area (Å²) in [5.74, 6) is 0. The molecule has 1 aliphatic rings. The zero-order chi connectivity index (χ0) is 13.9. The number of nitriles is 1. The van der Waals surface area contributed by atoms with Crippen molar-refractivity contribution in [3.05, 3.63) is 29.0 Å². The van der Waals surface area contributed by atoms with Crippen molar-refractivity contribution in [3.8, 4) is 6.07 Å². The van der Waals surface area contributed by atoms with Gasteiger partial charge in [-0.1, -0.05) is 11.6 Å². The number of pyridine rings is 1. The van der Waals surface area contributed by atoms with Gasteiger partial charge in [-0.3, -0.25) is 14.8 Å². The molecule has 1 aromatic heterocycles. The average Bonchev–Trinajstić information content (AvgIpc) is 2.42. The zero-order valence-corrected chi connectivity index (χ0v) is 12.2. The molecular formula is C14H19ClN4. The zero-order valence-electron chi connectivity index (χ0n) is 11.4. The summed E-state index contributed by atoms with van der Waals surface area (Å²) in [7, 11) is 0. The first kappa shape index (κ1) is 14.3. The van der Waals surface area contributed by atoms with Crippen molar-refractivity contribution in [1.29, 1.82) is 5.26 Å². The second-order valence-corrected chi connectivity index (χ2v) is 5.81. The number of rotatable bonds is 3. The molecule has 1 aromatic rings. The molecule has 0 bridgehead atoms. The van der Waals surface area contributed by atoms with Gasteiger partial charge < -0.3 is 0 Å². The van der Waals surface area contributed by atoms with Crippen molar-refractivity contribution in [1.82, 2.24) is 14.8 Å². The number of nitrogens with zero attached hydrogens (tertiary/aromatic N) is 4. The van der Waals surface area contributed by atoms with Crippen LogP contribution < -0.4 is 0 Å². The smallest absolute Gasteiger partial charge is 0.103 e. The first-order valence-corrected chi connectivity index (χ1v) is 6.88. The van der Waals surface area contributed by atoms with Crippen LogP contribution in [0.4, 0.5) is 0 Å². The molecule has 4 nitrogen and oxygen atoms in total. The van der Waals surface area contributed by atoms with Crippen LogP contribution in [0.2, 0.25) is 5.02 Å². The Hall–Kier alpha value is -1.15. The predicted octanol–water partition coefficient (Wildman–Crippen LogP) is 2.15. The van der Waals surface area contributed by atoms with E-state index >= 15 is 0 Å². The van der Waals surface area contributed by atoms with Crippen LogP contribution >= 0.6 is 11.6 Å². The van der Waals surface area contributed by atoms with Crippen molar-refractivity contribution in [2.45, 2.75) is 25.9 Å². The fraction of sp³-hybridized carbons (Fsp3) is 0.571. The average molecular weight is 279 g/mol. The molecule has 1 saturated heterocycles. The van der Waals surface area contributed by atoms with Gasteiger partial charge in [0.15, 0.2) is 0 Å². The molecule has 2 heterocycles. The third kappa shape index (κ3) is 3.44. The fourth-order valence-electron chi connectivity index (χ4n) is 2.31. The Bertz CT molecular complexity index is 473. The van der Waals surface area contributed by atoms with E-state index in [1.165, 1.54) is 0 Å². The maximum atomic E-state index is 9.15. The number of hydrogen-bond donors (Lipinski definition) is 0. The van der Waals surface area contributed by atoms with E-state index in [1.807, 2.05) is 19.9 Å². The number of halogens is 1. The lowest BCUT2D eigenvalue weighted by Crippen LogP contribution is -2.53. The van der Waals surface area contributed by atoms with E-state index in [4.69, 9.17) is 16.9 Å². The molecule has 1 fully saturated rings. The maximum absolute atomic E-state index is 9.15. The van der Waals surface area contributed by atoms with Gasteiger partial charge in [0.2, 0.25) is 0 Å². The van der Waals surface area contributed by atoms with Crippen LogP contribution in [0.3, 0.4) is 0 Å². The summed E-state index contributed by atoms with van der Waals surface area (Å²) in [5.41, 5.74) is 0.741. The van der Waals surface area contributed by atoms with Gasteiger partial charge in [0.25, 0.3) is 0 Å². The highest BCUT2D eigenvalue weighted by Crippen LogP contribution is 2.19. The van der Waals surface area contributed by atoms with Crippen molar-refractivity contribution in [2.24, 2.45) is 0 Å². The van der Waals surface area contributed by atoms with E-state index < -0.39 is 0 Å². The van der Waals surface area contributed by atoms with E-state index in [2.05, 4.69) is 20.9 Å². The lowest BCUT2D eigenvalue weighted by molar-refractivity contribution is 0.0764. The highest BCUT2D eigenvalue weighted by atomic mass is 35.5. The molecule has 0 aromatic carbocycles. The summed E-state index contributed by atoms with van der Waals surface area (Å²) in [6.45, 7) is 8.56. The first-order chi connectivity index (χ1) is 9.03. The van der Waals surface area contributed by atoms with Crippen LogP contribution in [0, 0.1) is 11.3 Å². The molecule has 0 amide bonds. The molecule has 0 unspecified atom stereocenters. The number of aromatic nitrogens is 1. The van der Waals surface area contributed by atoms with E-state index in [0.29, 0.717) is 0 Å². The molecule has 5 heteroatoms. The molecule has 0 saturated carbocycles. The maximum Gasteiger partial charge on any atom is 0.103 e. The quantitative estimate of drug-likeness (QED) is 0.850. The van der Waals surface area contributed by atoms with Gasteiger partial charge in [0.05, 0.1) is 11.1 Å². The van der Waals surface area contributed by atoms with E-state index in [9.17, 15) is 0 Å². The second kappa shape index (κ2) is 5.87. The lowest BCUT2D eigenvalue weighted by Gasteiger charge is -2.40. The largest absolute Gasteiger partial charge is 0.296 e. The molecule has 0 atom stereocenters. The predicted molar refractivity (Wildman–Crippen MR) is 75.8 cm³/mol. The van der Waals surface area contributed by atoms with Gasteiger partial charge in [-0.25, -0.2) is 0 Å². The summed E-state index contributed by atoms with van der Waals surface area (Å²) in [6.07, 6.45) is 3.46. The van der Waals surface area contributed by atoms with E-state index in [0.717, 1.165) is 43.3 Å². The van der Waals surface area contributed by atoms with Crippen LogP contribution in [0.5, 0.6) is 0 Å². The van der Waals surface area contributed by atoms with Crippen LogP contribution in [0.15, 0.2) is 18.5 Å². The molecule has 0 spiro atoms. The van der Waals surface area contributed by atoms with E-state index in [1.54, 1.807) is 12.4 Å².